The van der Waals surface area contributed by atoms with E-state index < -0.39 is 0 Å². The van der Waals surface area contributed by atoms with Crippen molar-refractivity contribution >= 4 is 11.9 Å². The highest BCUT2D eigenvalue weighted by molar-refractivity contribution is 5.95. The Morgan fingerprint density at radius 1 is 1.21 bits per heavy atom. The highest BCUT2D eigenvalue weighted by Crippen LogP contribution is 2.11. The molecule has 4 nitrogen and oxygen atoms in total. The average molecular weight is 263 g/mol. The molecule has 4 heteroatoms. The van der Waals surface area contributed by atoms with Crippen LogP contribution >= 0.6 is 0 Å². The van der Waals surface area contributed by atoms with Gasteiger partial charge in [-0.3, -0.25) is 9.59 Å². The van der Waals surface area contributed by atoms with Gasteiger partial charge in [0, 0.05) is 18.7 Å². The Balaban J connectivity index is 2.67. The number of ether oxygens (including phenoxy) is 1. The number of aryl methyl sites for hydroxylation is 1. The lowest BCUT2D eigenvalue weighted by molar-refractivity contribution is -0.143. The van der Waals surface area contributed by atoms with E-state index in [4.69, 9.17) is 4.74 Å². The van der Waals surface area contributed by atoms with Crippen LogP contribution in [-0.2, 0) is 9.53 Å². The minimum atomic E-state index is -0.265. The fraction of sp³-hybridized carbons (Fsp3) is 0.467. The van der Waals surface area contributed by atoms with E-state index in [0.717, 1.165) is 5.56 Å². The molecular formula is C15H21NO3. The highest BCUT2D eigenvalue weighted by atomic mass is 16.5. The predicted molar refractivity (Wildman–Crippen MR) is 74.0 cm³/mol. The van der Waals surface area contributed by atoms with Gasteiger partial charge in [0.15, 0.2) is 0 Å². The van der Waals surface area contributed by atoms with Crippen LogP contribution in [0.3, 0.4) is 0 Å². The van der Waals surface area contributed by atoms with E-state index in [0.29, 0.717) is 25.3 Å². The maximum atomic E-state index is 12.3. The van der Waals surface area contributed by atoms with E-state index in [1.54, 1.807) is 11.8 Å². The fourth-order valence-electron chi connectivity index (χ4n) is 1.85. The zero-order valence-corrected chi connectivity index (χ0v) is 11.8. The molecule has 0 heterocycles. The van der Waals surface area contributed by atoms with Crippen molar-refractivity contribution in [3.8, 4) is 0 Å². The largest absolute Gasteiger partial charge is 0.466 e. The summed E-state index contributed by atoms with van der Waals surface area (Å²) in [5.41, 5.74) is 1.63. The first-order valence-corrected chi connectivity index (χ1v) is 6.60. The molecule has 0 radical (unpaired) electrons. The number of rotatable bonds is 6. The molecule has 0 saturated carbocycles. The SMILES string of the molecule is CCOC(=O)CCN(CC)C(=O)c1ccccc1C. The summed E-state index contributed by atoms with van der Waals surface area (Å²) < 4.78 is 4.87. The van der Waals surface area contributed by atoms with Crippen molar-refractivity contribution < 1.29 is 14.3 Å². The Hall–Kier alpha value is -1.84. The van der Waals surface area contributed by atoms with Gasteiger partial charge in [-0.05, 0) is 32.4 Å². The highest BCUT2D eigenvalue weighted by Gasteiger charge is 2.16. The van der Waals surface area contributed by atoms with Gasteiger partial charge in [-0.1, -0.05) is 18.2 Å². The van der Waals surface area contributed by atoms with E-state index in [2.05, 4.69) is 0 Å². The van der Waals surface area contributed by atoms with Gasteiger partial charge in [-0.2, -0.15) is 0 Å². The molecule has 19 heavy (non-hydrogen) atoms. The molecule has 1 amide bonds. The van der Waals surface area contributed by atoms with Gasteiger partial charge in [-0.15, -0.1) is 0 Å². The molecule has 1 aromatic rings. The third-order valence-corrected chi connectivity index (χ3v) is 2.94. The molecule has 0 aliphatic rings. The van der Waals surface area contributed by atoms with Crippen LogP contribution in [0.5, 0.6) is 0 Å². The first kappa shape index (κ1) is 15.2. The number of carbonyl (C=O) groups is 2. The summed E-state index contributed by atoms with van der Waals surface area (Å²) in [6.07, 6.45) is 0.235. The van der Waals surface area contributed by atoms with Gasteiger partial charge in [0.25, 0.3) is 5.91 Å². The maximum Gasteiger partial charge on any atom is 0.307 e. The van der Waals surface area contributed by atoms with Crippen LogP contribution in [0.4, 0.5) is 0 Å². The number of benzene rings is 1. The molecule has 0 aromatic heterocycles. The first-order valence-electron chi connectivity index (χ1n) is 6.60. The molecule has 0 spiro atoms. The molecule has 0 bridgehead atoms. The van der Waals surface area contributed by atoms with Crippen LogP contribution < -0.4 is 0 Å². The minimum Gasteiger partial charge on any atom is -0.466 e. The number of amides is 1. The zero-order chi connectivity index (χ0) is 14.3. The second-order valence-electron chi connectivity index (χ2n) is 4.25. The van der Waals surface area contributed by atoms with E-state index >= 15 is 0 Å². The van der Waals surface area contributed by atoms with Gasteiger partial charge in [-0.25, -0.2) is 0 Å². The lowest BCUT2D eigenvalue weighted by Crippen LogP contribution is -2.33. The van der Waals surface area contributed by atoms with Crippen molar-refractivity contribution in [2.45, 2.75) is 27.2 Å². The molecule has 0 aliphatic carbocycles. The molecule has 0 unspecified atom stereocenters. The lowest BCUT2D eigenvalue weighted by Gasteiger charge is -2.21. The zero-order valence-electron chi connectivity index (χ0n) is 11.8. The van der Waals surface area contributed by atoms with Crippen LogP contribution in [0.15, 0.2) is 24.3 Å². The Morgan fingerprint density at radius 3 is 2.47 bits per heavy atom. The van der Waals surface area contributed by atoms with E-state index in [1.165, 1.54) is 0 Å². The van der Waals surface area contributed by atoms with Crippen LogP contribution in [0, 0.1) is 6.92 Å². The average Bonchev–Trinajstić information content (AvgIpc) is 2.40. The molecular weight excluding hydrogens is 242 g/mol. The van der Waals surface area contributed by atoms with Crippen LogP contribution in [-0.4, -0.2) is 36.5 Å². The lowest BCUT2D eigenvalue weighted by atomic mass is 10.1. The first-order chi connectivity index (χ1) is 9.10. The standard InChI is InChI=1S/C15H21NO3/c1-4-16(11-10-14(17)19-5-2)15(18)13-9-7-6-8-12(13)3/h6-9H,4-5,10-11H2,1-3H3. The monoisotopic (exact) mass is 263 g/mol. The van der Waals surface area contributed by atoms with Crippen molar-refractivity contribution in [2.75, 3.05) is 19.7 Å². The molecule has 0 fully saturated rings. The molecule has 0 aliphatic heterocycles. The van der Waals surface area contributed by atoms with Crippen molar-refractivity contribution in [2.24, 2.45) is 0 Å². The van der Waals surface area contributed by atoms with Gasteiger partial charge in [0.05, 0.1) is 13.0 Å². The molecule has 0 atom stereocenters. The number of hydrogen-bond donors (Lipinski definition) is 0. The van der Waals surface area contributed by atoms with Crippen molar-refractivity contribution in [3.05, 3.63) is 35.4 Å². The van der Waals surface area contributed by atoms with Crippen molar-refractivity contribution in [1.82, 2.24) is 4.90 Å². The molecule has 104 valence electrons. The fourth-order valence-corrected chi connectivity index (χ4v) is 1.85. The Labute approximate surface area is 114 Å². The molecule has 0 saturated heterocycles. The normalized spacial score (nSPS) is 10.1. The second kappa shape index (κ2) is 7.56. The summed E-state index contributed by atoms with van der Waals surface area (Å²) in [5, 5.41) is 0. The molecule has 0 N–H and O–H groups in total. The van der Waals surface area contributed by atoms with Crippen LogP contribution in [0.2, 0.25) is 0 Å². The Morgan fingerprint density at radius 2 is 1.89 bits per heavy atom. The Kier molecular flexibility index (Phi) is 6.06. The van der Waals surface area contributed by atoms with E-state index in [-0.39, 0.29) is 18.3 Å². The predicted octanol–water partition coefficient (Wildman–Crippen LogP) is 2.41. The topological polar surface area (TPSA) is 46.6 Å². The van der Waals surface area contributed by atoms with Crippen molar-refractivity contribution in [1.29, 1.82) is 0 Å². The van der Waals surface area contributed by atoms with Gasteiger partial charge in [0.1, 0.15) is 0 Å². The number of hydrogen-bond acceptors (Lipinski definition) is 3. The van der Waals surface area contributed by atoms with Crippen LogP contribution in [0.25, 0.3) is 0 Å². The number of nitrogens with zero attached hydrogens (tertiary/aromatic N) is 1. The molecule has 1 aromatic carbocycles. The summed E-state index contributed by atoms with van der Waals surface area (Å²) in [6, 6.07) is 7.47. The minimum absolute atomic E-state index is 0.0371. The smallest absolute Gasteiger partial charge is 0.307 e. The summed E-state index contributed by atoms with van der Waals surface area (Å²) in [7, 11) is 0. The molecule has 1 rings (SSSR count). The van der Waals surface area contributed by atoms with Gasteiger partial charge in [0.2, 0.25) is 0 Å². The summed E-state index contributed by atoms with van der Waals surface area (Å²) in [6.45, 7) is 6.92. The maximum absolute atomic E-state index is 12.3. The Bertz CT molecular complexity index is 443. The summed E-state index contributed by atoms with van der Waals surface area (Å²) >= 11 is 0. The van der Waals surface area contributed by atoms with E-state index in [9.17, 15) is 9.59 Å². The van der Waals surface area contributed by atoms with E-state index in [1.807, 2.05) is 38.1 Å². The van der Waals surface area contributed by atoms with Gasteiger partial charge >= 0.3 is 5.97 Å². The summed E-state index contributed by atoms with van der Waals surface area (Å²) in [5.74, 6) is -0.302. The summed E-state index contributed by atoms with van der Waals surface area (Å²) in [4.78, 5) is 25.3. The van der Waals surface area contributed by atoms with Crippen molar-refractivity contribution in [3.63, 3.8) is 0 Å². The number of esters is 1. The number of carbonyl (C=O) groups excluding carboxylic acids is 2. The van der Waals surface area contributed by atoms with Crippen LogP contribution in [0.1, 0.15) is 36.2 Å². The second-order valence-corrected chi connectivity index (χ2v) is 4.25. The third-order valence-electron chi connectivity index (χ3n) is 2.94. The quantitative estimate of drug-likeness (QED) is 0.740. The van der Waals surface area contributed by atoms with Gasteiger partial charge < -0.3 is 9.64 Å². The third kappa shape index (κ3) is 4.39.